The Morgan fingerprint density at radius 1 is 1.00 bits per heavy atom. The second kappa shape index (κ2) is 12.4. The Morgan fingerprint density at radius 2 is 1.64 bits per heavy atom. The number of rotatable bonds is 8. The quantitative estimate of drug-likeness (QED) is 0.493. The molecule has 1 saturated heterocycles. The van der Waals surface area contributed by atoms with E-state index in [1.165, 1.54) is 30.6 Å². The summed E-state index contributed by atoms with van der Waals surface area (Å²) in [6.07, 6.45) is 8.14. The van der Waals surface area contributed by atoms with Crippen LogP contribution in [0.1, 0.15) is 79.6 Å². The van der Waals surface area contributed by atoms with E-state index in [4.69, 9.17) is 4.74 Å². The van der Waals surface area contributed by atoms with Gasteiger partial charge in [-0.15, -0.1) is 11.3 Å². The van der Waals surface area contributed by atoms with Gasteiger partial charge in [-0.1, -0.05) is 26.2 Å². The number of aryl methyl sites for hydroxylation is 1. The highest BCUT2D eigenvalue weighted by atomic mass is 32.1. The molecular formula is C24H38N4O4S. The first-order valence-electron chi connectivity index (χ1n) is 12.3. The van der Waals surface area contributed by atoms with Crippen molar-refractivity contribution in [2.24, 2.45) is 0 Å². The van der Waals surface area contributed by atoms with E-state index in [1.54, 1.807) is 6.92 Å². The number of amides is 3. The summed E-state index contributed by atoms with van der Waals surface area (Å²) in [5, 5.41) is 9.72. The van der Waals surface area contributed by atoms with Gasteiger partial charge in [0, 0.05) is 30.1 Å². The second-order valence-corrected chi connectivity index (χ2v) is 10.2. The van der Waals surface area contributed by atoms with Crippen LogP contribution in [-0.4, -0.2) is 61.1 Å². The summed E-state index contributed by atoms with van der Waals surface area (Å²) in [5.74, 6) is -0.515. The number of thiophene rings is 1. The van der Waals surface area contributed by atoms with Crippen LogP contribution in [0.2, 0.25) is 0 Å². The molecule has 2 heterocycles. The van der Waals surface area contributed by atoms with Gasteiger partial charge in [0.1, 0.15) is 5.00 Å². The molecule has 184 valence electrons. The lowest BCUT2D eigenvalue weighted by atomic mass is 9.96. The number of carbonyl (C=O) groups excluding carboxylic acids is 3. The summed E-state index contributed by atoms with van der Waals surface area (Å²) >= 11 is 1.43. The first-order chi connectivity index (χ1) is 15.9. The van der Waals surface area contributed by atoms with Crippen LogP contribution in [0.25, 0.3) is 0 Å². The zero-order chi connectivity index (χ0) is 23.8. The molecule has 0 unspecified atom stereocenters. The summed E-state index contributed by atoms with van der Waals surface area (Å²) in [4.78, 5) is 40.6. The van der Waals surface area contributed by atoms with Crippen molar-refractivity contribution >= 4 is 34.2 Å². The molecule has 1 aromatic heterocycles. The minimum Gasteiger partial charge on any atom is -0.462 e. The molecule has 2 fully saturated rings. The number of piperidine rings is 1. The van der Waals surface area contributed by atoms with Gasteiger partial charge in [0.25, 0.3) is 0 Å². The van der Waals surface area contributed by atoms with Gasteiger partial charge in [-0.05, 0) is 51.5 Å². The summed E-state index contributed by atoms with van der Waals surface area (Å²) < 4.78 is 5.21. The molecule has 1 aliphatic heterocycles. The summed E-state index contributed by atoms with van der Waals surface area (Å²) in [7, 11) is 0. The Hall–Kier alpha value is -2.13. The normalized spacial score (nSPS) is 18.0. The predicted octanol–water partition coefficient (Wildman–Crippen LogP) is 3.83. The third-order valence-corrected chi connectivity index (χ3v) is 7.59. The maximum Gasteiger partial charge on any atom is 0.341 e. The van der Waals surface area contributed by atoms with Crippen LogP contribution in [0.5, 0.6) is 0 Å². The molecule has 2 aliphatic rings. The zero-order valence-electron chi connectivity index (χ0n) is 20.1. The molecule has 1 saturated carbocycles. The molecule has 0 aromatic carbocycles. The number of nitrogens with one attached hydrogen (secondary N) is 3. The lowest BCUT2D eigenvalue weighted by Gasteiger charge is -2.32. The van der Waals surface area contributed by atoms with E-state index in [1.807, 2.05) is 13.8 Å². The monoisotopic (exact) mass is 478 g/mol. The number of urea groups is 1. The van der Waals surface area contributed by atoms with E-state index < -0.39 is 0 Å². The lowest BCUT2D eigenvalue weighted by molar-refractivity contribution is -0.117. The molecule has 3 rings (SSSR count). The first-order valence-corrected chi connectivity index (χ1v) is 13.1. The number of ether oxygens (including phenoxy) is 1. The lowest BCUT2D eigenvalue weighted by Crippen LogP contribution is -2.51. The van der Waals surface area contributed by atoms with Gasteiger partial charge in [-0.2, -0.15) is 0 Å². The van der Waals surface area contributed by atoms with Crippen molar-refractivity contribution in [2.75, 3.05) is 31.6 Å². The molecule has 33 heavy (non-hydrogen) atoms. The molecule has 8 nitrogen and oxygen atoms in total. The van der Waals surface area contributed by atoms with Gasteiger partial charge in [0.2, 0.25) is 5.91 Å². The fourth-order valence-corrected chi connectivity index (χ4v) is 5.92. The molecule has 9 heteroatoms. The zero-order valence-corrected chi connectivity index (χ0v) is 20.9. The maximum absolute atomic E-state index is 12.7. The Balaban J connectivity index is 1.46. The molecule has 0 spiro atoms. The van der Waals surface area contributed by atoms with Crippen molar-refractivity contribution in [3.05, 3.63) is 16.0 Å². The van der Waals surface area contributed by atoms with Crippen molar-refractivity contribution in [1.82, 2.24) is 15.5 Å². The maximum atomic E-state index is 12.7. The molecule has 0 radical (unpaired) electrons. The van der Waals surface area contributed by atoms with E-state index in [2.05, 4.69) is 20.9 Å². The highest BCUT2D eigenvalue weighted by Gasteiger charge is 2.26. The molecule has 0 bridgehead atoms. The second-order valence-electron chi connectivity index (χ2n) is 8.97. The number of carbonyl (C=O) groups is 3. The average molecular weight is 479 g/mol. The van der Waals surface area contributed by atoms with Crippen LogP contribution >= 0.6 is 11.3 Å². The molecule has 0 atom stereocenters. The largest absolute Gasteiger partial charge is 0.462 e. The fourth-order valence-electron chi connectivity index (χ4n) is 4.78. The third kappa shape index (κ3) is 7.17. The SMILES string of the molecule is CCOC(=O)c1c(NC(=O)CN2CCC(NC(=O)NC3CCCCC3)CC2)sc(C)c1CC. The standard InChI is InChI=1S/C24H38N4O4S/c1-4-19-16(3)33-22(21(19)23(30)32-5-2)27-20(29)15-28-13-11-18(12-14-28)26-24(31)25-17-9-7-6-8-10-17/h17-18H,4-15H2,1-3H3,(H,27,29)(H2,25,26,31). The van der Waals surface area contributed by atoms with Crippen LogP contribution in [0.3, 0.4) is 0 Å². The van der Waals surface area contributed by atoms with Crippen molar-refractivity contribution in [2.45, 2.75) is 84.2 Å². The average Bonchev–Trinajstić information content (AvgIpc) is 3.10. The van der Waals surface area contributed by atoms with E-state index in [0.717, 1.165) is 49.2 Å². The Labute approximate surface area is 200 Å². The number of hydrogen-bond donors (Lipinski definition) is 3. The van der Waals surface area contributed by atoms with Crippen molar-refractivity contribution in [3.63, 3.8) is 0 Å². The van der Waals surface area contributed by atoms with Crippen molar-refractivity contribution < 1.29 is 19.1 Å². The highest BCUT2D eigenvalue weighted by molar-refractivity contribution is 7.16. The van der Waals surface area contributed by atoms with Crippen LogP contribution in [0.4, 0.5) is 9.80 Å². The number of hydrogen-bond acceptors (Lipinski definition) is 6. The number of esters is 1. The topological polar surface area (TPSA) is 99.8 Å². The molecule has 1 aliphatic carbocycles. The third-order valence-electron chi connectivity index (χ3n) is 6.53. The van der Waals surface area contributed by atoms with Gasteiger partial charge in [0.05, 0.1) is 18.7 Å². The van der Waals surface area contributed by atoms with Crippen LogP contribution < -0.4 is 16.0 Å². The van der Waals surface area contributed by atoms with Crippen molar-refractivity contribution in [1.29, 1.82) is 0 Å². The van der Waals surface area contributed by atoms with Gasteiger partial charge in [-0.25, -0.2) is 9.59 Å². The van der Waals surface area contributed by atoms with Gasteiger partial charge < -0.3 is 20.7 Å². The van der Waals surface area contributed by atoms with Crippen LogP contribution in [-0.2, 0) is 16.0 Å². The summed E-state index contributed by atoms with van der Waals surface area (Å²) in [5.41, 5.74) is 1.43. The minimum absolute atomic E-state index is 0.0654. The Morgan fingerprint density at radius 3 is 2.24 bits per heavy atom. The van der Waals surface area contributed by atoms with E-state index in [0.29, 0.717) is 29.6 Å². The predicted molar refractivity (Wildman–Crippen MR) is 131 cm³/mol. The van der Waals surface area contributed by atoms with E-state index in [-0.39, 0.29) is 30.5 Å². The van der Waals surface area contributed by atoms with E-state index >= 15 is 0 Å². The van der Waals surface area contributed by atoms with Crippen LogP contribution in [0, 0.1) is 6.92 Å². The first kappa shape index (κ1) is 25.5. The summed E-state index contributed by atoms with van der Waals surface area (Å²) in [6.45, 7) is 7.79. The Bertz CT molecular complexity index is 827. The Kier molecular flexibility index (Phi) is 9.55. The fraction of sp³-hybridized carbons (Fsp3) is 0.708. The summed E-state index contributed by atoms with van der Waals surface area (Å²) in [6, 6.07) is 0.371. The van der Waals surface area contributed by atoms with Gasteiger partial charge in [0.15, 0.2) is 0 Å². The van der Waals surface area contributed by atoms with Crippen LogP contribution in [0.15, 0.2) is 0 Å². The number of nitrogens with zero attached hydrogens (tertiary/aromatic N) is 1. The minimum atomic E-state index is -0.382. The molecular weight excluding hydrogens is 440 g/mol. The van der Waals surface area contributed by atoms with Gasteiger partial charge >= 0.3 is 12.0 Å². The smallest absolute Gasteiger partial charge is 0.341 e. The number of anilines is 1. The highest BCUT2D eigenvalue weighted by Crippen LogP contribution is 2.34. The number of likely N-dealkylation sites (tertiary alicyclic amines) is 1. The van der Waals surface area contributed by atoms with E-state index in [9.17, 15) is 14.4 Å². The molecule has 3 amide bonds. The molecule has 1 aromatic rings. The van der Waals surface area contributed by atoms with Gasteiger partial charge in [-0.3, -0.25) is 9.69 Å². The molecule has 3 N–H and O–H groups in total. The van der Waals surface area contributed by atoms with Crippen molar-refractivity contribution in [3.8, 4) is 0 Å².